The maximum atomic E-state index is 12.0. The monoisotopic (exact) mass is 404 g/mol. The summed E-state index contributed by atoms with van der Waals surface area (Å²) in [6, 6.07) is 9.73. The number of halogens is 1. The third kappa shape index (κ3) is 5.78. The van der Waals surface area contributed by atoms with Crippen LogP contribution in [0.4, 0.5) is 0 Å². The summed E-state index contributed by atoms with van der Waals surface area (Å²) in [4.78, 5) is 13.2. The van der Waals surface area contributed by atoms with Crippen molar-refractivity contribution < 1.29 is 13.2 Å². The van der Waals surface area contributed by atoms with Gasteiger partial charge in [0.2, 0.25) is 15.9 Å². The molecular weight excluding hydrogens is 388 g/mol. The van der Waals surface area contributed by atoms with Crippen LogP contribution in [0.5, 0.6) is 0 Å². The summed E-state index contributed by atoms with van der Waals surface area (Å²) in [7, 11) is -3.70. The van der Waals surface area contributed by atoms with Gasteiger partial charge in [0.25, 0.3) is 0 Å². The van der Waals surface area contributed by atoms with E-state index in [0.29, 0.717) is 5.75 Å². The van der Waals surface area contributed by atoms with Crippen LogP contribution in [0.2, 0.25) is 4.34 Å². The molecule has 9 heteroatoms. The van der Waals surface area contributed by atoms with Gasteiger partial charge in [0.1, 0.15) is 0 Å². The van der Waals surface area contributed by atoms with Gasteiger partial charge >= 0.3 is 0 Å². The minimum absolute atomic E-state index is 0.0509. The highest BCUT2D eigenvalue weighted by Gasteiger charge is 2.12. The molecule has 2 aromatic rings. The summed E-state index contributed by atoms with van der Waals surface area (Å²) in [6.07, 6.45) is 0. The molecule has 0 aliphatic heterocycles. The molecule has 2 rings (SSSR count). The lowest BCUT2D eigenvalue weighted by atomic mass is 10.1. The van der Waals surface area contributed by atoms with Crippen molar-refractivity contribution in [2.75, 3.05) is 5.75 Å². The van der Waals surface area contributed by atoms with Crippen molar-refractivity contribution in [2.24, 2.45) is 5.14 Å². The summed E-state index contributed by atoms with van der Waals surface area (Å²) in [6.45, 7) is 1.84. The van der Waals surface area contributed by atoms with Gasteiger partial charge in [-0.2, -0.15) is 0 Å². The van der Waals surface area contributed by atoms with Gasteiger partial charge in [-0.1, -0.05) is 23.7 Å². The van der Waals surface area contributed by atoms with Crippen molar-refractivity contribution in [3.8, 4) is 0 Å². The van der Waals surface area contributed by atoms with Crippen molar-refractivity contribution >= 4 is 50.6 Å². The van der Waals surface area contributed by atoms with E-state index >= 15 is 0 Å². The molecule has 0 fully saturated rings. The van der Waals surface area contributed by atoms with Crippen LogP contribution in [-0.2, 0) is 20.6 Å². The first-order valence-corrected chi connectivity index (χ1v) is 10.9. The number of carbonyl (C=O) groups is 1. The number of thiophene rings is 1. The molecule has 0 bridgehead atoms. The number of primary sulfonamides is 1. The van der Waals surface area contributed by atoms with Gasteiger partial charge in [-0.3, -0.25) is 4.79 Å². The van der Waals surface area contributed by atoms with E-state index in [9.17, 15) is 13.2 Å². The van der Waals surface area contributed by atoms with E-state index in [-0.39, 0.29) is 16.8 Å². The molecule has 0 aliphatic carbocycles. The number of thioether (sulfide) groups is 1. The zero-order valence-electron chi connectivity index (χ0n) is 12.9. The van der Waals surface area contributed by atoms with Gasteiger partial charge in [-0.25, -0.2) is 13.6 Å². The van der Waals surface area contributed by atoms with Crippen LogP contribution in [0.1, 0.15) is 23.4 Å². The third-order valence-corrected chi connectivity index (χ3v) is 6.52. The molecule has 1 amide bonds. The molecule has 1 aromatic carbocycles. The first kappa shape index (κ1) is 19.3. The number of sulfonamides is 1. The molecule has 1 atom stereocenters. The Morgan fingerprint density at radius 2 is 1.96 bits per heavy atom. The maximum Gasteiger partial charge on any atom is 0.238 e. The number of hydrogen-bond acceptors (Lipinski definition) is 5. The fourth-order valence-corrected chi connectivity index (χ4v) is 4.54. The molecule has 0 aliphatic rings. The molecule has 3 N–H and O–H groups in total. The molecule has 5 nitrogen and oxygen atoms in total. The number of carbonyl (C=O) groups excluding carboxylic acids is 1. The molecule has 130 valence electrons. The van der Waals surface area contributed by atoms with E-state index in [1.807, 2.05) is 19.1 Å². The Labute approximate surface area is 154 Å². The Balaban J connectivity index is 1.82. The number of nitrogens with one attached hydrogen (secondary N) is 1. The summed E-state index contributed by atoms with van der Waals surface area (Å²) in [5, 5.41) is 7.94. The van der Waals surface area contributed by atoms with Crippen LogP contribution < -0.4 is 10.5 Å². The van der Waals surface area contributed by atoms with Crippen LogP contribution in [0.15, 0.2) is 41.3 Å². The first-order chi connectivity index (χ1) is 11.3. The molecule has 0 radical (unpaired) electrons. The zero-order valence-corrected chi connectivity index (χ0v) is 16.1. The quantitative estimate of drug-likeness (QED) is 0.741. The Hall–Kier alpha value is -1.06. The lowest BCUT2D eigenvalue weighted by molar-refractivity contribution is -0.119. The highest BCUT2D eigenvalue weighted by Crippen LogP contribution is 2.25. The van der Waals surface area contributed by atoms with Crippen LogP contribution >= 0.6 is 34.7 Å². The summed E-state index contributed by atoms with van der Waals surface area (Å²) >= 11 is 8.88. The van der Waals surface area contributed by atoms with E-state index in [0.717, 1.165) is 20.5 Å². The smallest absolute Gasteiger partial charge is 0.238 e. The summed E-state index contributed by atoms with van der Waals surface area (Å²) in [5.41, 5.74) is 0.811. The summed E-state index contributed by atoms with van der Waals surface area (Å²) in [5.74, 6) is 1.00. The van der Waals surface area contributed by atoms with E-state index in [4.69, 9.17) is 16.7 Å². The predicted molar refractivity (Wildman–Crippen MR) is 99.9 cm³/mol. The number of benzene rings is 1. The molecule has 1 aromatic heterocycles. The standard InChI is InChI=1S/C15H17ClN2O3S3/c1-10(11-2-5-13(6-3-11)24(17,20)21)18-15(19)9-22-8-12-4-7-14(16)23-12/h2-7,10H,8-9H2,1H3,(H,18,19)(H2,17,20,21)/t10-/m0/s1. The molecule has 0 saturated heterocycles. The molecular formula is C15H17ClN2O3S3. The lowest BCUT2D eigenvalue weighted by Gasteiger charge is -2.14. The summed E-state index contributed by atoms with van der Waals surface area (Å²) < 4.78 is 23.2. The normalized spacial score (nSPS) is 12.8. The first-order valence-electron chi connectivity index (χ1n) is 7.00. The van der Waals surface area contributed by atoms with E-state index in [1.54, 1.807) is 12.1 Å². The second kappa shape index (κ2) is 8.35. The highest BCUT2D eigenvalue weighted by atomic mass is 35.5. The molecule has 1 heterocycles. The van der Waals surface area contributed by atoms with Gasteiger partial charge in [-0.05, 0) is 36.8 Å². The molecule has 0 saturated carbocycles. The number of nitrogens with two attached hydrogens (primary N) is 1. The minimum atomic E-state index is -3.70. The van der Waals surface area contributed by atoms with Crippen LogP contribution in [0, 0.1) is 0 Å². The fourth-order valence-electron chi connectivity index (χ4n) is 1.99. The van der Waals surface area contributed by atoms with Gasteiger partial charge in [0.15, 0.2) is 0 Å². The van der Waals surface area contributed by atoms with Gasteiger partial charge in [0, 0.05) is 10.6 Å². The van der Waals surface area contributed by atoms with Crippen molar-refractivity contribution in [3.05, 3.63) is 51.2 Å². The van der Waals surface area contributed by atoms with Crippen molar-refractivity contribution in [3.63, 3.8) is 0 Å². The predicted octanol–water partition coefficient (Wildman–Crippen LogP) is 3.16. The van der Waals surface area contributed by atoms with Gasteiger partial charge in [-0.15, -0.1) is 23.1 Å². The molecule has 0 spiro atoms. The number of rotatable bonds is 7. The molecule has 24 heavy (non-hydrogen) atoms. The highest BCUT2D eigenvalue weighted by molar-refractivity contribution is 7.99. The van der Waals surface area contributed by atoms with Crippen molar-refractivity contribution in [2.45, 2.75) is 23.6 Å². The SMILES string of the molecule is C[C@H](NC(=O)CSCc1ccc(Cl)s1)c1ccc(S(N)(=O)=O)cc1. The van der Waals surface area contributed by atoms with Gasteiger partial charge in [0.05, 0.1) is 21.0 Å². The Kier molecular flexibility index (Phi) is 6.70. The second-order valence-corrected chi connectivity index (χ2v) is 9.45. The Morgan fingerprint density at radius 1 is 1.29 bits per heavy atom. The van der Waals surface area contributed by atoms with E-state index in [1.165, 1.54) is 35.2 Å². The second-order valence-electron chi connectivity index (χ2n) is 5.10. The maximum absolute atomic E-state index is 12.0. The molecule has 0 unspecified atom stereocenters. The van der Waals surface area contributed by atoms with E-state index < -0.39 is 10.0 Å². The number of hydrogen-bond donors (Lipinski definition) is 2. The largest absolute Gasteiger partial charge is 0.349 e. The topological polar surface area (TPSA) is 89.3 Å². The number of amides is 1. The fraction of sp³-hybridized carbons (Fsp3) is 0.267. The van der Waals surface area contributed by atoms with Crippen LogP contribution in [-0.4, -0.2) is 20.1 Å². The third-order valence-electron chi connectivity index (χ3n) is 3.19. The average molecular weight is 405 g/mol. The van der Waals surface area contributed by atoms with Crippen LogP contribution in [0.25, 0.3) is 0 Å². The van der Waals surface area contributed by atoms with Gasteiger partial charge < -0.3 is 5.32 Å². The minimum Gasteiger partial charge on any atom is -0.349 e. The Bertz CT molecular complexity index is 804. The average Bonchev–Trinajstić information content (AvgIpc) is 2.92. The van der Waals surface area contributed by atoms with E-state index in [2.05, 4.69) is 5.32 Å². The van der Waals surface area contributed by atoms with Crippen LogP contribution in [0.3, 0.4) is 0 Å². The Morgan fingerprint density at radius 3 is 2.50 bits per heavy atom. The zero-order chi connectivity index (χ0) is 17.7. The van der Waals surface area contributed by atoms with Crippen molar-refractivity contribution in [1.82, 2.24) is 5.32 Å². The lowest BCUT2D eigenvalue weighted by Crippen LogP contribution is -2.28. The van der Waals surface area contributed by atoms with Crippen molar-refractivity contribution in [1.29, 1.82) is 0 Å².